The largest absolute Gasteiger partial charge is 0.480 e. The molecule has 0 aliphatic carbocycles. The lowest BCUT2D eigenvalue weighted by atomic mass is 10.4. The van der Waals surface area contributed by atoms with Crippen LogP contribution in [-0.4, -0.2) is 50.8 Å². The minimum Gasteiger partial charge on any atom is -0.480 e. The van der Waals surface area contributed by atoms with E-state index in [9.17, 15) is 13.2 Å². The normalized spacial score (nSPS) is 13.9. The van der Waals surface area contributed by atoms with E-state index in [2.05, 4.69) is 4.74 Å². The molecule has 1 unspecified atom stereocenters. The van der Waals surface area contributed by atoms with Crippen molar-refractivity contribution in [1.82, 2.24) is 0 Å². The van der Waals surface area contributed by atoms with Gasteiger partial charge in [0.1, 0.15) is 6.04 Å². The smallest absolute Gasteiger partial charge is 0.321 e. The fraction of sp³-hybridized carbons (Fsp3) is 0.857. The first-order valence-corrected chi connectivity index (χ1v) is 5.89. The maximum atomic E-state index is 11.2. The molecule has 0 fully saturated rings. The van der Waals surface area contributed by atoms with Crippen LogP contribution in [0.1, 0.15) is 6.42 Å². The van der Waals surface area contributed by atoms with Gasteiger partial charge < -0.3 is 15.6 Å². The molecule has 0 radical (unpaired) electrons. The molecule has 0 bridgehead atoms. The molecule has 0 aliphatic rings. The van der Waals surface area contributed by atoms with Crippen molar-refractivity contribution >= 4 is 15.8 Å². The summed E-state index contributed by atoms with van der Waals surface area (Å²) < 4.78 is 27.1. The Morgan fingerprint density at radius 1 is 1.57 bits per heavy atom. The van der Waals surface area contributed by atoms with Gasteiger partial charge in [0.2, 0.25) is 0 Å². The molecule has 84 valence electrons. The molecule has 0 aromatic carbocycles. The Morgan fingerprint density at radius 3 is 2.57 bits per heavy atom. The Bertz CT molecular complexity index is 274. The second-order valence-corrected chi connectivity index (χ2v) is 5.13. The number of carboxylic acids is 1. The zero-order chi connectivity index (χ0) is 11.2. The summed E-state index contributed by atoms with van der Waals surface area (Å²) in [6.07, 6.45) is 0.352. The van der Waals surface area contributed by atoms with E-state index < -0.39 is 27.6 Å². The molecule has 0 rings (SSSR count). The van der Waals surface area contributed by atoms with Crippen LogP contribution in [0.15, 0.2) is 0 Å². The highest BCUT2D eigenvalue weighted by Gasteiger charge is 2.20. The molecule has 3 N–H and O–H groups in total. The van der Waals surface area contributed by atoms with Gasteiger partial charge in [-0.2, -0.15) is 0 Å². The SMILES string of the molecule is COCCCS(=O)(=O)CC(N)C(=O)O. The van der Waals surface area contributed by atoms with Crippen molar-refractivity contribution in [2.75, 3.05) is 25.2 Å². The summed E-state index contributed by atoms with van der Waals surface area (Å²) in [7, 11) is -1.92. The first kappa shape index (κ1) is 13.3. The third-order valence-electron chi connectivity index (χ3n) is 1.55. The number of ether oxygens (including phenoxy) is 1. The standard InChI is InChI=1S/C7H15NO5S/c1-13-3-2-4-14(11,12)5-6(8)7(9)10/h6H,2-5,8H2,1H3,(H,9,10). The van der Waals surface area contributed by atoms with Crippen LogP contribution in [0, 0.1) is 0 Å². The summed E-state index contributed by atoms with van der Waals surface area (Å²) in [5, 5.41) is 8.40. The maximum absolute atomic E-state index is 11.2. The van der Waals surface area contributed by atoms with E-state index in [1.165, 1.54) is 7.11 Å². The van der Waals surface area contributed by atoms with E-state index in [0.29, 0.717) is 13.0 Å². The highest BCUT2D eigenvalue weighted by atomic mass is 32.2. The Kier molecular flexibility index (Phi) is 5.66. The monoisotopic (exact) mass is 225 g/mol. The zero-order valence-corrected chi connectivity index (χ0v) is 8.79. The average molecular weight is 225 g/mol. The fourth-order valence-corrected chi connectivity index (χ4v) is 2.27. The molecule has 7 heteroatoms. The van der Waals surface area contributed by atoms with Crippen molar-refractivity contribution < 1.29 is 23.1 Å². The van der Waals surface area contributed by atoms with Gasteiger partial charge in [0.25, 0.3) is 0 Å². The zero-order valence-electron chi connectivity index (χ0n) is 7.97. The number of methoxy groups -OCH3 is 1. The molecule has 0 aliphatic heterocycles. The molecule has 0 spiro atoms. The molecule has 1 atom stereocenters. The Morgan fingerprint density at radius 2 is 2.14 bits per heavy atom. The van der Waals surface area contributed by atoms with Gasteiger partial charge in [-0.3, -0.25) is 4.79 Å². The third kappa shape index (κ3) is 5.90. The molecule has 0 amide bonds. The van der Waals surface area contributed by atoms with Crippen molar-refractivity contribution in [3.63, 3.8) is 0 Å². The molecule has 14 heavy (non-hydrogen) atoms. The van der Waals surface area contributed by atoms with E-state index in [0.717, 1.165) is 0 Å². The van der Waals surface area contributed by atoms with Crippen molar-refractivity contribution in [3.05, 3.63) is 0 Å². The topological polar surface area (TPSA) is 107 Å². The molecule has 0 heterocycles. The van der Waals surface area contributed by atoms with E-state index in [1.807, 2.05) is 0 Å². The first-order chi connectivity index (χ1) is 6.39. The van der Waals surface area contributed by atoms with Crippen molar-refractivity contribution in [1.29, 1.82) is 0 Å². The van der Waals surface area contributed by atoms with Gasteiger partial charge in [0, 0.05) is 13.7 Å². The number of rotatable bonds is 7. The highest BCUT2D eigenvalue weighted by molar-refractivity contribution is 7.91. The molecule has 0 aromatic rings. The maximum Gasteiger partial charge on any atom is 0.321 e. The summed E-state index contributed by atoms with van der Waals surface area (Å²) in [4.78, 5) is 10.3. The van der Waals surface area contributed by atoms with Crippen molar-refractivity contribution in [3.8, 4) is 0 Å². The van der Waals surface area contributed by atoms with Gasteiger partial charge in [0.05, 0.1) is 11.5 Å². The summed E-state index contributed by atoms with van der Waals surface area (Å²) in [5.41, 5.74) is 5.10. The summed E-state index contributed by atoms with van der Waals surface area (Å²) in [6, 6.07) is -1.34. The van der Waals surface area contributed by atoms with E-state index in [4.69, 9.17) is 10.8 Å². The lowest BCUT2D eigenvalue weighted by molar-refractivity contribution is -0.137. The third-order valence-corrected chi connectivity index (χ3v) is 3.33. The molecule has 6 nitrogen and oxygen atoms in total. The summed E-state index contributed by atoms with van der Waals surface area (Å²) in [5.74, 6) is -1.92. The predicted octanol–water partition coefficient (Wildman–Crippen LogP) is -1.15. The van der Waals surface area contributed by atoms with Crippen molar-refractivity contribution in [2.45, 2.75) is 12.5 Å². The van der Waals surface area contributed by atoms with Crippen LogP contribution < -0.4 is 5.73 Å². The Balaban J connectivity index is 4.01. The lowest BCUT2D eigenvalue weighted by Crippen LogP contribution is -2.38. The van der Waals surface area contributed by atoms with Crippen LogP contribution in [0.4, 0.5) is 0 Å². The fourth-order valence-electron chi connectivity index (χ4n) is 0.851. The van der Waals surface area contributed by atoms with Gasteiger partial charge in [0.15, 0.2) is 9.84 Å². The molecular formula is C7H15NO5S. The van der Waals surface area contributed by atoms with Crippen molar-refractivity contribution in [2.24, 2.45) is 5.73 Å². The number of carboxylic acid groups (broad SMARTS) is 1. The summed E-state index contributed by atoms with van der Waals surface area (Å²) in [6.45, 7) is 0.335. The molecular weight excluding hydrogens is 210 g/mol. The number of hydrogen-bond donors (Lipinski definition) is 2. The van der Waals surface area contributed by atoms with Crippen LogP contribution in [0.25, 0.3) is 0 Å². The van der Waals surface area contributed by atoms with E-state index in [-0.39, 0.29) is 5.75 Å². The number of carbonyl (C=O) groups is 1. The van der Waals surface area contributed by atoms with Gasteiger partial charge in [-0.15, -0.1) is 0 Å². The highest BCUT2D eigenvalue weighted by Crippen LogP contribution is 1.97. The van der Waals surface area contributed by atoms with E-state index in [1.54, 1.807) is 0 Å². The minimum absolute atomic E-state index is 0.0954. The van der Waals surface area contributed by atoms with Crippen LogP contribution >= 0.6 is 0 Å². The minimum atomic E-state index is -3.38. The van der Waals surface area contributed by atoms with Gasteiger partial charge in [-0.05, 0) is 6.42 Å². The molecule has 0 aromatic heterocycles. The second kappa shape index (κ2) is 5.94. The molecule has 0 saturated heterocycles. The number of sulfone groups is 1. The van der Waals surface area contributed by atoms with Gasteiger partial charge in [-0.25, -0.2) is 8.42 Å². The number of aliphatic carboxylic acids is 1. The number of hydrogen-bond acceptors (Lipinski definition) is 5. The first-order valence-electron chi connectivity index (χ1n) is 4.07. The number of nitrogens with two attached hydrogens (primary N) is 1. The van der Waals surface area contributed by atoms with Crippen LogP contribution in [-0.2, 0) is 19.4 Å². The van der Waals surface area contributed by atoms with Gasteiger partial charge >= 0.3 is 5.97 Å². The van der Waals surface area contributed by atoms with Crippen LogP contribution in [0.5, 0.6) is 0 Å². The Hall–Kier alpha value is -0.660. The lowest BCUT2D eigenvalue weighted by Gasteiger charge is -2.07. The van der Waals surface area contributed by atoms with Gasteiger partial charge in [-0.1, -0.05) is 0 Å². The quantitative estimate of drug-likeness (QED) is 0.530. The second-order valence-electron chi connectivity index (χ2n) is 2.91. The summed E-state index contributed by atoms with van der Waals surface area (Å²) >= 11 is 0. The van der Waals surface area contributed by atoms with Crippen LogP contribution in [0.3, 0.4) is 0 Å². The average Bonchev–Trinajstić information content (AvgIpc) is 2.03. The predicted molar refractivity (Wildman–Crippen MR) is 50.8 cm³/mol. The Labute approximate surface area is 83.0 Å². The van der Waals surface area contributed by atoms with E-state index >= 15 is 0 Å². The van der Waals surface area contributed by atoms with Crippen LogP contribution in [0.2, 0.25) is 0 Å². The molecule has 0 saturated carbocycles.